The number of carbonyl (C=O) groups is 3. The summed E-state index contributed by atoms with van der Waals surface area (Å²) >= 11 is 0. The molecule has 27 heavy (non-hydrogen) atoms. The van der Waals surface area contributed by atoms with Gasteiger partial charge in [0.15, 0.2) is 6.10 Å². The molecule has 0 aliphatic rings. The van der Waals surface area contributed by atoms with Crippen LogP contribution in [0.3, 0.4) is 0 Å². The number of hydrogen-bond donors (Lipinski definition) is 2. The zero-order chi connectivity index (χ0) is 20.1. The van der Waals surface area contributed by atoms with Gasteiger partial charge in [0.25, 0.3) is 5.91 Å². The maximum absolute atomic E-state index is 12.5. The number of carbonyl (C=O) groups excluding carboxylic acids is 3. The molecule has 7 nitrogen and oxygen atoms in total. The molecule has 0 bridgehead atoms. The lowest BCUT2D eigenvalue weighted by Gasteiger charge is -2.14. The highest BCUT2D eigenvalue weighted by Crippen LogP contribution is 2.21. The summed E-state index contributed by atoms with van der Waals surface area (Å²) in [5, 5.41) is 4.69. The van der Waals surface area contributed by atoms with Crippen LogP contribution in [0.5, 0.6) is 0 Å². The van der Waals surface area contributed by atoms with E-state index in [-0.39, 0.29) is 6.04 Å². The number of nitrogens with one attached hydrogen (secondary N) is 2. The van der Waals surface area contributed by atoms with Gasteiger partial charge in [-0.15, -0.1) is 0 Å². The highest BCUT2D eigenvalue weighted by Gasteiger charge is 2.24. The Morgan fingerprint density at radius 1 is 1.04 bits per heavy atom. The molecule has 1 atom stereocenters. The number of esters is 1. The van der Waals surface area contributed by atoms with E-state index >= 15 is 0 Å². The molecule has 1 aromatic heterocycles. The van der Waals surface area contributed by atoms with Crippen molar-refractivity contribution < 1.29 is 19.1 Å². The van der Waals surface area contributed by atoms with Crippen molar-refractivity contribution in [1.29, 1.82) is 0 Å². The SMILES string of the molecule is Cc1cc(C(=O)OC(C)C(=O)NC(=O)NC(C)C)c(C)n1-c1ccccc1. The second-order valence-corrected chi connectivity index (χ2v) is 6.62. The molecule has 0 aliphatic carbocycles. The summed E-state index contributed by atoms with van der Waals surface area (Å²) in [4.78, 5) is 36.1. The Morgan fingerprint density at radius 2 is 1.67 bits per heavy atom. The average molecular weight is 371 g/mol. The molecule has 0 aliphatic heterocycles. The van der Waals surface area contributed by atoms with E-state index in [1.54, 1.807) is 19.9 Å². The monoisotopic (exact) mass is 371 g/mol. The van der Waals surface area contributed by atoms with E-state index in [1.807, 2.05) is 48.7 Å². The number of aryl methyl sites for hydroxylation is 1. The molecule has 1 heterocycles. The largest absolute Gasteiger partial charge is 0.449 e. The minimum Gasteiger partial charge on any atom is -0.449 e. The van der Waals surface area contributed by atoms with Gasteiger partial charge in [0.2, 0.25) is 0 Å². The number of benzene rings is 1. The average Bonchev–Trinajstić information content (AvgIpc) is 2.89. The van der Waals surface area contributed by atoms with Crippen LogP contribution < -0.4 is 10.6 Å². The standard InChI is InChI=1S/C20H25N3O4/c1-12(2)21-20(26)22-18(24)15(5)27-19(25)17-11-13(3)23(14(17)4)16-9-7-6-8-10-16/h6-12,15H,1-5H3,(H2,21,22,24,26). The Kier molecular flexibility index (Phi) is 6.39. The van der Waals surface area contributed by atoms with Crippen LogP contribution in [0.2, 0.25) is 0 Å². The van der Waals surface area contributed by atoms with E-state index in [1.165, 1.54) is 6.92 Å². The first-order valence-electron chi connectivity index (χ1n) is 8.77. The molecular weight excluding hydrogens is 346 g/mol. The molecule has 144 valence electrons. The van der Waals surface area contributed by atoms with E-state index in [4.69, 9.17) is 4.74 Å². The number of hydrogen-bond acceptors (Lipinski definition) is 4. The van der Waals surface area contributed by atoms with Crippen LogP contribution in [0.1, 0.15) is 42.5 Å². The van der Waals surface area contributed by atoms with Crippen molar-refractivity contribution in [3.8, 4) is 5.69 Å². The van der Waals surface area contributed by atoms with Gasteiger partial charge in [0.05, 0.1) is 5.56 Å². The highest BCUT2D eigenvalue weighted by molar-refractivity contribution is 5.99. The molecule has 0 radical (unpaired) electrons. The maximum atomic E-state index is 12.5. The summed E-state index contributed by atoms with van der Waals surface area (Å²) in [5.41, 5.74) is 2.90. The summed E-state index contributed by atoms with van der Waals surface area (Å²) in [6.45, 7) is 8.68. The fraction of sp³-hybridized carbons (Fsp3) is 0.350. The number of rotatable bonds is 5. The van der Waals surface area contributed by atoms with Gasteiger partial charge in [-0.1, -0.05) is 18.2 Å². The first-order valence-corrected chi connectivity index (χ1v) is 8.77. The molecule has 2 N–H and O–H groups in total. The van der Waals surface area contributed by atoms with E-state index in [0.29, 0.717) is 11.3 Å². The topological polar surface area (TPSA) is 89.4 Å². The van der Waals surface area contributed by atoms with E-state index in [2.05, 4.69) is 10.6 Å². The first kappa shape index (κ1) is 20.2. The normalized spacial score (nSPS) is 11.8. The van der Waals surface area contributed by atoms with Crippen molar-refractivity contribution in [3.05, 3.63) is 53.3 Å². The molecule has 0 spiro atoms. The Morgan fingerprint density at radius 3 is 2.26 bits per heavy atom. The van der Waals surface area contributed by atoms with Crippen LogP contribution in [-0.4, -0.2) is 34.6 Å². The molecule has 7 heteroatoms. The number of aromatic nitrogens is 1. The van der Waals surface area contributed by atoms with Gasteiger partial charge >= 0.3 is 12.0 Å². The highest BCUT2D eigenvalue weighted by atomic mass is 16.5. The van der Waals surface area contributed by atoms with Crippen LogP contribution in [0, 0.1) is 13.8 Å². The number of para-hydroxylation sites is 1. The van der Waals surface area contributed by atoms with Gasteiger partial charge in [0, 0.05) is 23.1 Å². The lowest BCUT2D eigenvalue weighted by atomic mass is 10.2. The number of nitrogens with zero attached hydrogens (tertiary/aromatic N) is 1. The zero-order valence-corrected chi connectivity index (χ0v) is 16.2. The number of ether oxygens (including phenoxy) is 1. The first-order chi connectivity index (χ1) is 12.7. The second-order valence-electron chi connectivity index (χ2n) is 6.62. The minimum atomic E-state index is -1.10. The fourth-order valence-electron chi connectivity index (χ4n) is 2.73. The van der Waals surface area contributed by atoms with Crippen LogP contribution in [0.15, 0.2) is 36.4 Å². The Bertz CT molecular complexity index is 840. The van der Waals surface area contributed by atoms with Crippen LogP contribution in [0.25, 0.3) is 5.69 Å². The molecule has 0 saturated carbocycles. The predicted octanol–water partition coefficient (Wildman–Crippen LogP) is 2.87. The molecule has 1 unspecified atom stereocenters. The van der Waals surface area contributed by atoms with Crippen molar-refractivity contribution in [1.82, 2.24) is 15.2 Å². The van der Waals surface area contributed by atoms with Gasteiger partial charge in [-0.05, 0) is 52.8 Å². The number of imide groups is 1. The summed E-state index contributed by atoms with van der Waals surface area (Å²) in [5.74, 6) is -1.30. The fourth-order valence-corrected chi connectivity index (χ4v) is 2.73. The lowest BCUT2D eigenvalue weighted by molar-refractivity contribution is -0.127. The summed E-state index contributed by atoms with van der Waals surface area (Å²) in [6, 6.07) is 10.6. The van der Waals surface area contributed by atoms with E-state index in [0.717, 1.165) is 11.4 Å². The zero-order valence-electron chi connectivity index (χ0n) is 16.2. The Hall–Kier alpha value is -3.09. The van der Waals surface area contributed by atoms with Crippen molar-refractivity contribution in [2.45, 2.75) is 46.8 Å². The van der Waals surface area contributed by atoms with E-state index < -0.39 is 24.0 Å². The van der Waals surface area contributed by atoms with Crippen molar-refractivity contribution in [3.63, 3.8) is 0 Å². The Balaban J connectivity index is 2.10. The quantitative estimate of drug-likeness (QED) is 0.791. The summed E-state index contributed by atoms with van der Waals surface area (Å²) < 4.78 is 7.19. The smallest absolute Gasteiger partial charge is 0.340 e. The van der Waals surface area contributed by atoms with Gasteiger partial charge in [-0.2, -0.15) is 0 Å². The van der Waals surface area contributed by atoms with Gasteiger partial charge in [-0.3, -0.25) is 10.1 Å². The van der Waals surface area contributed by atoms with E-state index in [9.17, 15) is 14.4 Å². The molecule has 2 aromatic rings. The third-order valence-corrected chi connectivity index (χ3v) is 3.97. The van der Waals surface area contributed by atoms with Crippen LogP contribution in [-0.2, 0) is 9.53 Å². The Labute approximate surface area is 158 Å². The molecule has 3 amide bonds. The molecule has 2 rings (SSSR count). The summed E-state index contributed by atoms with van der Waals surface area (Å²) in [7, 11) is 0. The second kappa shape index (κ2) is 8.53. The van der Waals surface area contributed by atoms with Gasteiger partial charge < -0.3 is 14.6 Å². The third kappa shape index (κ3) is 4.97. The minimum absolute atomic E-state index is 0.112. The van der Waals surface area contributed by atoms with Crippen LogP contribution >= 0.6 is 0 Å². The number of amides is 3. The molecule has 0 fully saturated rings. The third-order valence-electron chi connectivity index (χ3n) is 3.97. The lowest BCUT2D eigenvalue weighted by Crippen LogP contribution is -2.46. The molecule has 0 saturated heterocycles. The number of urea groups is 1. The van der Waals surface area contributed by atoms with Crippen molar-refractivity contribution in [2.75, 3.05) is 0 Å². The predicted molar refractivity (Wildman–Crippen MR) is 102 cm³/mol. The molecular formula is C20H25N3O4. The van der Waals surface area contributed by atoms with Crippen LogP contribution in [0.4, 0.5) is 4.79 Å². The maximum Gasteiger partial charge on any atom is 0.340 e. The van der Waals surface area contributed by atoms with Crippen molar-refractivity contribution in [2.24, 2.45) is 0 Å². The summed E-state index contributed by atoms with van der Waals surface area (Å²) in [6.07, 6.45) is -1.10. The van der Waals surface area contributed by atoms with Gasteiger partial charge in [0.1, 0.15) is 0 Å². The molecule has 1 aromatic carbocycles. The van der Waals surface area contributed by atoms with Gasteiger partial charge in [-0.25, -0.2) is 9.59 Å². The van der Waals surface area contributed by atoms with Crippen molar-refractivity contribution >= 4 is 17.9 Å².